The van der Waals surface area contributed by atoms with Gasteiger partial charge in [-0.3, -0.25) is 14.5 Å². The third-order valence-electron chi connectivity index (χ3n) is 4.11. The number of rotatable bonds is 3. The van der Waals surface area contributed by atoms with E-state index in [1.807, 2.05) is 17.9 Å². The second kappa shape index (κ2) is 7.63. The van der Waals surface area contributed by atoms with Gasteiger partial charge in [0.25, 0.3) is 5.91 Å². The molecule has 0 bridgehead atoms. The SMILES string of the molecule is CC1CN(C(=O)c2cccc(CN3C(=O)CNC3=O)c2)CCN1.Cl. The predicted molar refractivity (Wildman–Crippen MR) is 91.0 cm³/mol. The summed E-state index contributed by atoms with van der Waals surface area (Å²) in [5.74, 6) is -0.264. The molecule has 2 fully saturated rings. The van der Waals surface area contributed by atoms with Gasteiger partial charge in [0.2, 0.25) is 5.91 Å². The summed E-state index contributed by atoms with van der Waals surface area (Å²) in [6.07, 6.45) is 0. The van der Waals surface area contributed by atoms with Crippen LogP contribution in [0.15, 0.2) is 24.3 Å². The van der Waals surface area contributed by atoms with E-state index in [-0.39, 0.29) is 49.4 Å². The van der Waals surface area contributed by atoms with Gasteiger partial charge >= 0.3 is 6.03 Å². The zero-order valence-electron chi connectivity index (χ0n) is 13.4. The Morgan fingerprint density at radius 1 is 1.33 bits per heavy atom. The normalized spacial score (nSPS) is 20.6. The van der Waals surface area contributed by atoms with Crippen molar-refractivity contribution >= 4 is 30.3 Å². The lowest BCUT2D eigenvalue weighted by atomic mass is 10.1. The summed E-state index contributed by atoms with van der Waals surface area (Å²) in [7, 11) is 0. The van der Waals surface area contributed by atoms with Gasteiger partial charge < -0.3 is 15.5 Å². The molecule has 2 saturated heterocycles. The molecule has 2 aliphatic heterocycles. The highest BCUT2D eigenvalue weighted by molar-refractivity contribution is 6.02. The minimum absolute atomic E-state index is 0. The van der Waals surface area contributed by atoms with Crippen LogP contribution in [-0.4, -0.2) is 59.9 Å². The molecule has 0 aromatic heterocycles. The zero-order chi connectivity index (χ0) is 16.4. The average Bonchev–Trinajstić information content (AvgIpc) is 2.86. The van der Waals surface area contributed by atoms with Gasteiger partial charge in [-0.05, 0) is 24.6 Å². The van der Waals surface area contributed by atoms with Gasteiger partial charge in [-0.15, -0.1) is 12.4 Å². The molecule has 1 unspecified atom stereocenters. The molecule has 3 rings (SSSR count). The van der Waals surface area contributed by atoms with E-state index in [1.54, 1.807) is 18.2 Å². The number of hydrogen-bond donors (Lipinski definition) is 2. The molecule has 0 aliphatic carbocycles. The van der Waals surface area contributed by atoms with Gasteiger partial charge in [0, 0.05) is 31.2 Å². The lowest BCUT2D eigenvalue weighted by molar-refractivity contribution is -0.125. The average molecular weight is 353 g/mol. The highest BCUT2D eigenvalue weighted by Gasteiger charge is 2.28. The van der Waals surface area contributed by atoms with Crippen LogP contribution in [0.1, 0.15) is 22.8 Å². The van der Waals surface area contributed by atoms with E-state index in [2.05, 4.69) is 10.6 Å². The molecule has 7 nitrogen and oxygen atoms in total. The molecule has 24 heavy (non-hydrogen) atoms. The molecule has 0 saturated carbocycles. The van der Waals surface area contributed by atoms with Crippen molar-refractivity contribution in [3.63, 3.8) is 0 Å². The summed E-state index contributed by atoms with van der Waals surface area (Å²) < 4.78 is 0. The number of halogens is 1. The molecule has 0 radical (unpaired) electrons. The van der Waals surface area contributed by atoms with E-state index in [9.17, 15) is 14.4 Å². The van der Waals surface area contributed by atoms with Crippen molar-refractivity contribution in [2.75, 3.05) is 26.2 Å². The third-order valence-corrected chi connectivity index (χ3v) is 4.11. The predicted octanol–water partition coefficient (Wildman–Crippen LogP) is 0.594. The lowest BCUT2D eigenvalue weighted by Crippen LogP contribution is -2.51. The number of nitrogens with zero attached hydrogens (tertiary/aromatic N) is 2. The highest BCUT2D eigenvalue weighted by Crippen LogP contribution is 2.14. The molecule has 1 aromatic rings. The number of hydrogen-bond acceptors (Lipinski definition) is 4. The van der Waals surface area contributed by atoms with E-state index < -0.39 is 0 Å². The molecule has 2 N–H and O–H groups in total. The van der Waals surface area contributed by atoms with Crippen molar-refractivity contribution < 1.29 is 14.4 Å². The first-order valence-electron chi connectivity index (χ1n) is 7.74. The quantitative estimate of drug-likeness (QED) is 0.780. The van der Waals surface area contributed by atoms with Crippen molar-refractivity contribution in [3.05, 3.63) is 35.4 Å². The second-order valence-corrected chi connectivity index (χ2v) is 5.95. The lowest BCUT2D eigenvalue weighted by Gasteiger charge is -2.32. The number of nitrogens with one attached hydrogen (secondary N) is 2. The number of carbonyl (C=O) groups excluding carboxylic acids is 3. The smallest absolute Gasteiger partial charge is 0.324 e. The Kier molecular flexibility index (Phi) is 5.80. The number of carbonyl (C=O) groups is 3. The van der Waals surface area contributed by atoms with Gasteiger partial charge in [-0.1, -0.05) is 12.1 Å². The van der Waals surface area contributed by atoms with E-state index >= 15 is 0 Å². The molecule has 130 valence electrons. The number of benzene rings is 1. The fraction of sp³-hybridized carbons (Fsp3) is 0.438. The Hall–Kier alpha value is -2.12. The number of piperazine rings is 1. The van der Waals surface area contributed by atoms with Crippen LogP contribution in [0.5, 0.6) is 0 Å². The summed E-state index contributed by atoms with van der Waals surface area (Å²) in [4.78, 5) is 38.8. The molecule has 2 aliphatic rings. The van der Waals surface area contributed by atoms with Gasteiger partial charge in [-0.25, -0.2) is 4.79 Å². The van der Waals surface area contributed by atoms with Crippen molar-refractivity contribution in [3.8, 4) is 0 Å². The second-order valence-electron chi connectivity index (χ2n) is 5.95. The molecule has 4 amide bonds. The Morgan fingerprint density at radius 3 is 2.79 bits per heavy atom. The first-order chi connectivity index (χ1) is 11.0. The van der Waals surface area contributed by atoms with Crippen LogP contribution >= 0.6 is 12.4 Å². The van der Waals surface area contributed by atoms with Gasteiger partial charge in [0.15, 0.2) is 0 Å². The van der Waals surface area contributed by atoms with Gasteiger partial charge in [0.05, 0.1) is 13.1 Å². The van der Waals surface area contributed by atoms with Crippen LogP contribution in [0.25, 0.3) is 0 Å². The molecular weight excluding hydrogens is 332 g/mol. The summed E-state index contributed by atoms with van der Waals surface area (Å²) in [6, 6.07) is 7.02. The number of imide groups is 1. The van der Waals surface area contributed by atoms with E-state index in [1.165, 1.54) is 0 Å². The van der Waals surface area contributed by atoms with Gasteiger partial charge in [0.1, 0.15) is 0 Å². The third kappa shape index (κ3) is 3.85. The van der Waals surface area contributed by atoms with E-state index in [0.29, 0.717) is 18.7 Å². The van der Waals surface area contributed by atoms with Crippen LogP contribution in [0.2, 0.25) is 0 Å². The Balaban J connectivity index is 0.00000208. The monoisotopic (exact) mass is 352 g/mol. The Labute approximate surface area is 146 Å². The standard InChI is InChI=1S/C16H20N4O3.ClH/c1-11-9-19(6-5-17-11)15(22)13-4-2-3-12(7-13)10-20-14(21)8-18-16(20)23;/h2-4,7,11,17H,5-6,8-10H2,1H3,(H,18,23);1H. The van der Waals surface area contributed by atoms with Crippen molar-refractivity contribution in [2.24, 2.45) is 0 Å². The maximum absolute atomic E-state index is 12.6. The number of urea groups is 1. The minimum atomic E-state index is -0.386. The first-order valence-corrected chi connectivity index (χ1v) is 7.74. The largest absolute Gasteiger partial charge is 0.336 e. The van der Waals surface area contributed by atoms with Crippen LogP contribution in [-0.2, 0) is 11.3 Å². The van der Waals surface area contributed by atoms with Crippen molar-refractivity contribution in [1.29, 1.82) is 0 Å². The number of amides is 4. The summed E-state index contributed by atoms with van der Waals surface area (Å²) in [5.41, 5.74) is 1.35. The van der Waals surface area contributed by atoms with E-state index in [4.69, 9.17) is 0 Å². The maximum Gasteiger partial charge on any atom is 0.324 e. The fourth-order valence-corrected chi connectivity index (χ4v) is 2.90. The molecule has 8 heteroatoms. The maximum atomic E-state index is 12.6. The van der Waals surface area contributed by atoms with E-state index in [0.717, 1.165) is 17.0 Å². The van der Waals surface area contributed by atoms with Crippen LogP contribution in [0, 0.1) is 0 Å². The fourth-order valence-electron chi connectivity index (χ4n) is 2.90. The van der Waals surface area contributed by atoms with Gasteiger partial charge in [-0.2, -0.15) is 0 Å². The molecule has 1 aromatic carbocycles. The highest BCUT2D eigenvalue weighted by atomic mass is 35.5. The molecule has 2 heterocycles. The Morgan fingerprint density at radius 2 is 2.12 bits per heavy atom. The summed E-state index contributed by atoms with van der Waals surface area (Å²) in [6.45, 7) is 4.42. The summed E-state index contributed by atoms with van der Waals surface area (Å²) in [5, 5.41) is 5.79. The van der Waals surface area contributed by atoms with Crippen molar-refractivity contribution in [1.82, 2.24) is 20.4 Å². The van der Waals surface area contributed by atoms with Crippen LogP contribution in [0.3, 0.4) is 0 Å². The zero-order valence-corrected chi connectivity index (χ0v) is 14.3. The molecule has 1 atom stereocenters. The molecule has 0 spiro atoms. The van der Waals surface area contributed by atoms with Crippen LogP contribution < -0.4 is 10.6 Å². The first kappa shape index (κ1) is 18.2. The minimum Gasteiger partial charge on any atom is -0.336 e. The van der Waals surface area contributed by atoms with Crippen LogP contribution in [0.4, 0.5) is 4.79 Å². The Bertz CT molecular complexity index is 636. The topological polar surface area (TPSA) is 81.8 Å². The summed E-state index contributed by atoms with van der Waals surface area (Å²) >= 11 is 0. The molecular formula is C16H21ClN4O3. The van der Waals surface area contributed by atoms with Crippen molar-refractivity contribution in [2.45, 2.75) is 19.5 Å².